The molecule has 1 aliphatic carbocycles. The maximum atomic E-state index is 10.9. The van der Waals surface area contributed by atoms with Crippen molar-refractivity contribution in [1.82, 2.24) is 10.3 Å². The third-order valence-corrected chi connectivity index (χ3v) is 3.62. The zero-order valence-electron chi connectivity index (χ0n) is 10.5. The minimum Gasteiger partial charge on any atom is -0.477 e. The number of aromatic nitrogens is 1. The van der Waals surface area contributed by atoms with E-state index in [1.165, 1.54) is 5.56 Å². The fourth-order valence-corrected chi connectivity index (χ4v) is 2.64. The highest BCUT2D eigenvalue weighted by Gasteiger charge is 2.25. The second kappa shape index (κ2) is 4.90. The van der Waals surface area contributed by atoms with Crippen molar-refractivity contribution in [3.05, 3.63) is 58.9 Å². The molecule has 1 unspecified atom stereocenters. The van der Waals surface area contributed by atoms with Gasteiger partial charge in [-0.1, -0.05) is 30.3 Å². The number of carboxylic acids is 1. The number of benzene rings is 1. The summed E-state index contributed by atoms with van der Waals surface area (Å²) in [6, 6.07) is 12.2. The Morgan fingerprint density at radius 3 is 2.89 bits per heavy atom. The Morgan fingerprint density at radius 2 is 2.16 bits per heavy atom. The van der Waals surface area contributed by atoms with Crippen molar-refractivity contribution in [3.63, 3.8) is 0 Å². The highest BCUT2D eigenvalue weighted by Crippen LogP contribution is 2.31. The first-order valence-corrected chi connectivity index (χ1v) is 6.46. The van der Waals surface area contributed by atoms with Crippen LogP contribution in [0.2, 0.25) is 0 Å². The highest BCUT2D eigenvalue weighted by molar-refractivity contribution is 5.86. The van der Waals surface area contributed by atoms with Crippen molar-refractivity contribution in [2.24, 2.45) is 0 Å². The average Bonchev–Trinajstić information content (AvgIpc) is 2.98. The van der Waals surface area contributed by atoms with Gasteiger partial charge in [-0.25, -0.2) is 4.79 Å². The molecular formula is C15H16N2O2. The third-order valence-electron chi connectivity index (χ3n) is 3.62. The molecule has 0 bridgehead atoms. The van der Waals surface area contributed by atoms with Gasteiger partial charge >= 0.3 is 5.97 Å². The molecule has 3 N–H and O–H groups in total. The lowest BCUT2D eigenvalue weighted by molar-refractivity contribution is 0.0691. The third kappa shape index (κ3) is 2.39. The molecule has 1 aromatic carbocycles. The van der Waals surface area contributed by atoms with Crippen molar-refractivity contribution < 1.29 is 9.90 Å². The highest BCUT2D eigenvalue weighted by atomic mass is 16.4. The number of hydrogen-bond acceptors (Lipinski definition) is 2. The lowest BCUT2D eigenvalue weighted by Crippen LogP contribution is -2.18. The van der Waals surface area contributed by atoms with E-state index in [1.54, 1.807) is 6.07 Å². The van der Waals surface area contributed by atoms with E-state index >= 15 is 0 Å². The molecule has 1 heterocycles. The van der Waals surface area contributed by atoms with Gasteiger partial charge in [-0.2, -0.15) is 0 Å². The normalized spacial score (nSPS) is 17.4. The molecule has 4 nitrogen and oxygen atoms in total. The Balaban J connectivity index is 1.70. The number of H-pyrrole nitrogens is 1. The number of rotatable bonds is 4. The first kappa shape index (κ1) is 12.0. The molecule has 0 radical (unpaired) electrons. The molecule has 4 heteroatoms. The van der Waals surface area contributed by atoms with Gasteiger partial charge in [0.2, 0.25) is 0 Å². The van der Waals surface area contributed by atoms with Gasteiger partial charge in [0.1, 0.15) is 5.69 Å². The Bertz CT molecular complexity index is 589. The van der Waals surface area contributed by atoms with Gasteiger partial charge in [0, 0.05) is 18.3 Å². The van der Waals surface area contributed by atoms with Crippen LogP contribution in [0.4, 0.5) is 0 Å². The molecule has 19 heavy (non-hydrogen) atoms. The van der Waals surface area contributed by atoms with Crippen molar-refractivity contribution in [2.45, 2.75) is 25.4 Å². The largest absolute Gasteiger partial charge is 0.477 e. The van der Waals surface area contributed by atoms with E-state index in [-0.39, 0.29) is 11.7 Å². The molecule has 2 aromatic rings. The number of carbonyl (C=O) groups is 1. The van der Waals surface area contributed by atoms with Crippen LogP contribution >= 0.6 is 0 Å². The van der Waals surface area contributed by atoms with Gasteiger partial charge in [-0.05, 0) is 30.0 Å². The van der Waals surface area contributed by atoms with E-state index in [2.05, 4.69) is 22.4 Å². The summed E-state index contributed by atoms with van der Waals surface area (Å²) in [5.41, 5.74) is 3.69. The number of fused-ring (bicyclic) bond motifs is 1. The molecule has 0 spiro atoms. The fraction of sp³-hybridized carbons (Fsp3) is 0.267. The summed E-state index contributed by atoms with van der Waals surface area (Å²) in [5.74, 6) is -0.892. The van der Waals surface area contributed by atoms with E-state index in [0.717, 1.165) is 30.6 Å². The molecule has 3 rings (SSSR count). The number of aromatic carboxylic acids is 1. The van der Waals surface area contributed by atoms with Crippen molar-refractivity contribution in [3.8, 4) is 0 Å². The van der Waals surface area contributed by atoms with E-state index in [1.807, 2.05) is 18.2 Å². The molecule has 1 aromatic heterocycles. The van der Waals surface area contributed by atoms with Gasteiger partial charge in [-0.15, -0.1) is 0 Å². The quantitative estimate of drug-likeness (QED) is 0.787. The smallest absolute Gasteiger partial charge is 0.352 e. The molecule has 98 valence electrons. The van der Waals surface area contributed by atoms with Gasteiger partial charge in [0.25, 0.3) is 0 Å². The lowest BCUT2D eigenvalue weighted by Gasteiger charge is -2.12. The standard InChI is InChI=1S/C15H16N2O2/c18-15(19)14-8-11-12(6-7-13(11)17-14)16-9-10-4-2-1-3-5-10/h1-5,8,12,16-17H,6-7,9H2,(H,18,19). The first-order chi connectivity index (χ1) is 9.24. The summed E-state index contributed by atoms with van der Waals surface area (Å²) in [6.45, 7) is 0.804. The minimum atomic E-state index is -0.892. The van der Waals surface area contributed by atoms with Crippen molar-refractivity contribution in [2.75, 3.05) is 0 Å². The number of aryl methyl sites for hydroxylation is 1. The summed E-state index contributed by atoms with van der Waals surface area (Å²) in [6.07, 6.45) is 1.93. The Kier molecular flexibility index (Phi) is 3.09. The van der Waals surface area contributed by atoms with E-state index in [0.29, 0.717) is 0 Å². The first-order valence-electron chi connectivity index (χ1n) is 6.46. The second-order valence-corrected chi connectivity index (χ2v) is 4.88. The van der Waals surface area contributed by atoms with Gasteiger partial charge in [0.15, 0.2) is 0 Å². The summed E-state index contributed by atoms with van der Waals surface area (Å²) in [5, 5.41) is 12.5. The van der Waals surface area contributed by atoms with Crippen molar-refractivity contribution in [1.29, 1.82) is 0 Å². The maximum Gasteiger partial charge on any atom is 0.352 e. The molecule has 1 atom stereocenters. The average molecular weight is 256 g/mol. The predicted molar refractivity (Wildman–Crippen MR) is 72.1 cm³/mol. The molecule has 1 aliphatic rings. The SMILES string of the molecule is O=C(O)c1cc2c([nH]1)CCC2NCc1ccccc1. The number of aromatic amines is 1. The molecule has 0 amide bonds. The van der Waals surface area contributed by atoms with Crippen molar-refractivity contribution >= 4 is 5.97 Å². The van der Waals surface area contributed by atoms with Gasteiger partial charge in [-0.3, -0.25) is 0 Å². The predicted octanol–water partition coefficient (Wildman–Crippen LogP) is 2.49. The Labute approximate surface area is 111 Å². The molecule has 0 saturated carbocycles. The molecule has 0 saturated heterocycles. The lowest BCUT2D eigenvalue weighted by atomic mass is 10.1. The Hall–Kier alpha value is -2.07. The minimum absolute atomic E-state index is 0.250. The summed E-state index contributed by atoms with van der Waals surface area (Å²) in [7, 11) is 0. The fourth-order valence-electron chi connectivity index (χ4n) is 2.64. The van der Waals surface area contributed by atoms with E-state index in [4.69, 9.17) is 5.11 Å². The van der Waals surface area contributed by atoms with Gasteiger partial charge in [0.05, 0.1) is 0 Å². The Morgan fingerprint density at radius 1 is 1.37 bits per heavy atom. The molecular weight excluding hydrogens is 240 g/mol. The van der Waals surface area contributed by atoms with Crippen LogP contribution in [-0.4, -0.2) is 16.1 Å². The van der Waals surface area contributed by atoms with E-state index in [9.17, 15) is 4.79 Å². The molecule has 0 aliphatic heterocycles. The number of carboxylic acid groups (broad SMARTS) is 1. The second-order valence-electron chi connectivity index (χ2n) is 4.88. The van der Waals surface area contributed by atoms with Crippen LogP contribution in [0.3, 0.4) is 0 Å². The van der Waals surface area contributed by atoms with Gasteiger partial charge < -0.3 is 15.4 Å². The van der Waals surface area contributed by atoms with E-state index < -0.39 is 5.97 Å². The zero-order chi connectivity index (χ0) is 13.2. The van der Waals surface area contributed by atoms with Crippen LogP contribution in [-0.2, 0) is 13.0 Å². The van der Waals surface area contributed by atoms with Crippen LogP contribution in [0.1, 0.15) is 39.8 Å². The summed E-state index contributed by atoms with van der Waals surface area (Å²) >= 11 is 0. The maximum absolute atomic E-state index is 10.9. The summed E-state index contributed by atoms with van der Waals surface area (Å²) < 4.78 is 0. The number of nitrogens with one attached hydrogen (secondary N) is 2. The van der Waals surface area contributed by atoms with Crippen LogP contribution in [0.25, 0.3) is 0 Å². The zero-order valence-corrected chi connectivity index (χ0v) is 10.5. The monoisotopic (exact) mass is 256 g/mol. The van der Waals surface area contributed by atoms with Crippen LogP contribution in [0, 0.1) is 0 Å². The summed E-state index contributed by atoms with van der Waals surface area (Å²) in [4.78, 5) is 13.9. The van der Waals surface area contributed by atoms with Crippen LogP contribution in [0.5, 0.6) is 0 Å². The van der Waals surface area contributed by atoms with Crippen LogP contribution < -0.4 is 5.32 Å². The topological polar surface area (TPSA) is 65.1 Å². The number of hydrogen-bond donors (Lipinski definition) is 3. The van der Waals surface area contributed by atoms with Crippen LogP contribution in [0.15, 0.2) is 36.4 Å². The molecule has 0 fully saturated rings.